The highest BCUT2D eigenvalue weighted by Crippen LogP contribution is 2.36. The number of halogens is 3. The predicted molar refractivity (Wildman–Crippen MR) is 133 cm³/mol. The number of nitrogens with zero attached hydrogens (tertiary/aromatic N) is 3. The number of aromatic nitrogens is 2. The summed E-state index contributed by atoms with van der Waals surface area (Å²) in [6, 6.07) is 4.97. The smallest absolute Gasteiger partial charge is 0.421 e. The number of morpholine rings is 1. The number of hydrogen-bond donors (Lipinski definition) is 3. The first-order chi connectivity index (χ1) is 17.7. The van der Waals surface area contributed by atoms with Crippen molar-refractivity contribution in [2.75, 3.05) is 44.0 Å². The summed E-state index contributed by atoms with van der Waals surface area (Å²) in [5.74, 6) is -0.0116. The topological polar surface area (TPSA) is 101 Å². The van der Waals surface area contributed by atoms with Gasteiger partial charge in [0.25, 0.3) is 0 Å². The highest BCUT2D eigenvalue weighted by molar-refractivity contribution is 5.73. The largest absolute Gasteiger partial charge is 0.495 e. The molecule has 1 aromatic heterocycles. The van der Waals surface area contributed by atoms with Gasteiger partial charge in [-0.05, 0) is 30.5 Å². The number of ether oxygens (including phenoxy) is 2. The fourth-order valence-electron chi connectivity index (χ4n) is 4.75. The Balaban J connectivity index is 1.55. The minimum absolute atomic E-state index is 0.00150. The molecule has 4 rings (SSSR count). The first-order valence-corrected chi connectivity index (χ1v) is 12.4. The van der Waals surface area contributed by atoms with E-state index in [9.17, 15) is 18.0 Å². The second-order valence-corrected chi connectivity index (χ2v) is 9.34. The fraction of sp³-hybridized carbons (Fsp3) is 0.560. The van der Waals surface area contributed by atoms with Crippen molar-refractivity contribution in [3.8, 4) is 5.75 Å². The van der Waals surface area contributed by atoms with Crippen molar-refractivity contribution < 1.29 is 27.4 Å². The van der Waals surface area contributed by atoms with Crippen LogP contribution in [0.2, 0.25) is 0 Å². The minimum atomic E-state index is -4.64. The number of rotatable bonds is 8. The maximum atomic E-state index is 13.8. The van der Waals surface area contributed by atoms with Crippen molar-refractivity contribution in [1.82, 2.24) is 20.2 Å². The number of carbonyl (C=O) groups excluding carboxylic acids is 1. The van der Waals surface area contributed by atoms with Gasteiger partial charge in [-0.1, -0.05) is 18.9 Å². The molecule has 12 heteroatoms. The Bertz CT molecular complexity index is 1080. The summed E-state index contributed by atoms with van der Waals surface area (Å²) < 4.78 is 52.3. The van der Waals surface area contributed by atoms with Gasteiger partial charge in [-0.15, -0.1) is 0 Å². The molecular formula is C25H33F3N6O3. The molecule has 0 spiro atoms. The number of amides is 1. The molecule has 1 saturated carbocycles. The van der Waals surface area contributed by atoms with E-state index in [1.807, 2.05) is 12.1 Å². The number of methoxy groups -OCH3 is 1. The lowest BCUT2D eigenvalue weighted by Crippen LogP contribution is -2.48. The lowest BCUT2D eigenvalue weighted by molar-refractivity contribution is -0.137. The van der Waals surface area contributed by atoms with Crippen molar-refractivity contribution in [3.63, 3.8) is 0 Å². The number of benzene rings is 1. The van der Waals surface area contributed by atoms with Crippen LogP contribution >= 0.6 is 0 Å². The van der Waals surface area contributed by atoms with E-state index in [0.29, 0.717) is 37.5 Å². The molecule has 9 nitrogen and oxygen atoms in total. The first-order valence-electron chi connectivity index (χ1n) is 12.4. The summed E-state index contributed by atoms with van der Waals surface area (Å²) in [7, 11) is 1.53. The van der Waals surface area contributed by atoms with Crippen molar-refractivity contribution in [2.45, 2.75) is 57.4 Å². The molecule has 2 aliphatic rings. The molecule has 1 aromatic carbocycles. The van der Waals surface area contributed by atoms with E-state index in [4.69, 9.17) is 9.47 Å². The number of alkyl halides is 3. The van der Waals surface area contributed by atoms with Crippen LogP contribution in [0, 0.1) is 0 Å². The van der Waals surface area contributed by atoms with E-state index < -0.39 is 11.7 Å². The molecule has 2 atom stereocenters. The number of hydrogen-bond acceptors (Lipinski definition) is 8. The molecule has 37 heavy (non-hydrogen) atoms. The van der Waals surface area contributed by atoms with E-state index >= 15 is 0 Å². The van der Waals surface area contributed by atoms with Gasteiger partial charge in [0.05, 0.1) is 26.0 Å². The maximum absolute atomic E-state index is 13.8. The molecule has 1 saturated heterocycles. The Kier molecular flexibility index (Phi) is 8.70. The molecule has 1 amide bonds. The zero-order valence-electron chi connectivity index (χ0n) is 21.0. The summed E-state index contributed by atoms with van der Waals surface area (Å²) >= 11 is 0. The van der Waals surface area contributed by atoms with Gasteiger partial charge in [-0.3, -0.25) is 9.69 Å². The number of nitrogens with one attached hydrogen (secondary N) is 3. The van der Waals surface area contributed by atoms with Gasteiger partial charge in [-0.25, -0.2) is 4.98 Å². The Morgan fingerprint density at radius 3 is 2.59 bits per heavy atom. The van der Waals surface area contributed by atoms with Crippen LogP contribution in [0.15, 0.2) is 24.4 Å². The lowest BCUT2D eigenvalue weighted by atomic mass is 9.90. The summed E-state index contributed by atoms with van der Waals surface area (Å²) in [5, 5.41) is 8.79. The molecule has 2 fully saturated rings. The molecule has 0 radical (unpaired) electrons. The van der Waals surface area contributed by atoms with Crippen LogP contribution in [0.1, 0.15) is 43.7 Å². The van der Waals surface area contributed by atoms with Crippen molar-refractivity contribution in [3.05, 3.63) is 35.5 Å². The van der Waals surface area contributed by atoms with E-state index in [1.54, 1.807) is 6.07 Å². The molecule has 0 unspecified atom stereocenters. The van der Waals surface area contributed by atoms with Crippen LogP contribution in [0.5, 0.6) is 5.75 Å². The summed E-state index contributed by atoms with van der Waals surface area (Å²) in [6.45, 7) is 5.24. The van der Waals surface area contributed by atoms with E-state index in [1.165, 1.54) is 14.0 Å². The maximum Gasteiger partial charge on any atom is 0.421 e. The molecule has 2 heterocycles. The van der Waals surface area contributed by atoms with Crippen LogP contribution in [-0.4, -0.2) is 66.3 Å². The molecular weight excluding hydrogens is 489 g/mol. The SMILES string of the molecule is COc1cc(CN2CCOCC2)ccc1Nc1ncc(C(F)(F)F)c(N[C@@H]2CCCC[C@H]2NC(C)=O)n1. The zero-order chi connectivity index (χ0) is 26.4. The van der Waals surface area contributed by atoms with Gasteiger partial charge in [0.15, 0.2) is 0 Å². The third kappa shape index (κ3) is 7.22. The quantitative estimate of drug-likeness (QED) is 0.480. The monoisotopic (exact) mass is 522 g/mol. The third-order valence-corrected chi connectivity index (χ3v) is 6.59. The van der Waals surface area contributed by atoms with Crippen LogP contribution in [-0.2, 0) is 22.3 Å². The standard InChI is InChI=1S/C25H33F3N6O3/c1-16(35)30-19-5-3-4-6-20(19)31-23-18(25(26,27)28)14-29-24(33-23)32-21-8-7-17(13-22(21)36-2)15-34-9-11-37-12-10-34/h7-8,13-14,19-20H,3-6,9-12,15H2,1-2H3,(H,30,35)(H2,29,31,32,33)/t19-,20-/m1/s1. The second kappa shape index (κ2) is 12.0. The van der Waals surface area contributed by atoms with Gasteiger partial charge in [-0.2, -0.15) is 18.2 Å². The van der Waals surface area contributed by atoms with Crippen LogP contribution in [0.3, 0.4) is 0 Å². The number of carbonyl (C=O) groups is 1. The minimum Gasteiger partial charge on any atom is -0.495 e. The third-order valence-electron chi connectivity index (χ3n) is 6.59. The Labute approximate surface area is 214 Å². The molecule has 1 aliphatic carbocycles. The highest BCUT2D eigenvalue weighted by atomic mass is 19.4. The molecule has 202 valence electrons. The van der Waals surface area contributed by atoms with E-state index in [0.717, 1.165) is 44.2 Å². The van der Waals surface area contributed by atoms with Crippen LogP contribution in [0.25, 0.3) is 0 Å². The van der Waals surface area contributed by atoms with E-state index in [-0.39, 0.29) is 29.8 Å². The van der Waals surface area contributed by atoms with Gasteiger partial charge < -0.3 is 25.4 Å². The van der Waals surface area contributed by atoms with Crippen LogP contribution in [0.4, 0.5) is 30.6 Å². The zero-order valence-corrected chi connectivity index (χ0v) is 21.0. The molecule has 0 bridgehead atoms. The first kappa shape index (κ1) is 26.9. The fourth-order valence-corrected chi connectivity index (χ4v) is 4.75. The second-order valence-electron chi connectivity index (χ2n) is 9.34. The van der Waals surface area contributed by atoms with Crippen molar-refractivity contribution in [2.24, 2.45) is 0 Å². The average Bonchev–Trinajstić information content (AvgIpc) is 2.86. The Morgan fingerprint density at radius 2 is 1.92 bits per heavy atom. The Hall–Kier alpha value is -3.12. The normalized spacial score (nSPS) is 20.8. The van der Waals surface area contributed by atoms with Gasteiger partial charge in [0.1, 0.15) is 17.1 Å². The highest BCUT2D eigenvalue weighted by Gasteiger charge is 2.37. The summed E-state index contributed by atoms with van der Waals surface area (Å²) in [4.78, 5) is 22.0. The number of anilines is 3. The predicted octanol–water partition coefficient (Wildman–Crippen LogP) is 3.94. The summed E-state index contributed by atoms with van der Waals surface area (Å²) in [6.07, 6.45) is -0.826. The van der Waals surface area contributed by atoms with Gasteiger partial charge in [0, 0.05) is 44.8 Å². The Morgan fingerprint density at radius 1 is 1.19 bits per heavy atom. The van der Waals surface area contributed by atoms with Crippen molar-refractivity contribution >= 4 is 23.4 Å². The molecule has 1 aliphatic heterocycles. The lowest BCUT2D eigenvalue weighted by Gasteiger charge is -2.33. The van der Waals surface area contributed by atoms with Crippen LogP contribution < -0.4 is 20.7 Å². The summed E-state index contributed by atoms with van der Waals surface area (Å²) in [5.41, 5.74) is 0.618. The molecule has 3 N–H and O–H groups in total. The van der Waals surface area contributed by atoms with Gasteiger partial charge >= 0.3 is 6.18 Å². The average molecular weight is 523 g/mol. The van der Waals surface area contributed by atoms with E-state index in [2.05, 4.69) is 30.8 Å². The molecule has 2 aromatic rings. The van der Waals surface area contributed by atoms with Crippen molar-refractivity contribution in [1.29, 1.82) is 0 Å². The van der Waals surface area contributed by atoms with Gasteiger partial charge in [0.2, 0.25) is 11.9 Å².